The second-order valence-electron chi connectivity index (χ2n) is 7.20. The average molecular weight is 430 g/mol. The molecule has 160 valence electrons. The minimum atomic E-state index is -0.0836. The van der Waals surface area contributed by atoms with Crippen molar-refractivity contribution in [2.75, 3.05) is 37.5 Å². The van der Waals surface area contributed by atoms with Gasteiger partial charge in [-0.25, -0.2) is 0 Å². The third kappa shape index (κ3) is 5.79. The molecule has 2 aromatic rings. The van der Waals surface area contributed by atoms with E-state index in [0.29, 0.717) is 11.6 Å². The number of ether oxygens (including phenoxy) is 1. The Morgan fingerprint density at radius 1 is 1.30 bits per heavy atom. The van der Waals surface area contributed by atoms with Gasteiger partial charge in [0.05, 0.1) is 12.8 Å². The number of benzene rings is 2. The van der Waals surface area contributed by atoms with Crippen molar-refractivity contribution >= 4 is 34.8 Å². The standard InChI is InChI=1S/C22H28ClN5O2/c1-15(29)26-18-6-4-5-16(11-18)13-25-22(24-2)27-19-9-10-28(14-19)20-12-17(23)7-8-21(20)30-3/h4-8,11-12,19H,9-10,13-14H2,1-3H3,(H,26,29)(H2,24,25,27). The van der Waals surface area contributed by atoms with Crippen LogP contribution in [0.1, 0.15) is 18.9 Å². The highest BCUT2D eigenvalue weighted by Crippen LogP contribution is 2.33. The minimum Gasteiger partial charge on any atom is -0.495 e. The number of guanidine groups is 1. The van der Waals surface area contributed by atoms with Gasteiger partial charge in [0.25, 0.3) is 0 Å². The third-order valence-corrected chi connectivity index (χ3v) is 5.18. The fraction of sp³-hybridized carbons (Fsp3) is 0.364. The van der Waals surface area contributed by atoms with Gasteiger partial charge in [-0.15, -0.1) is 0 Å². The summed E-state index contributed by atoms with van der Waals surface area (Å²) in [7, 11) is 3.43. The van der Waals surface area contributed by atoms with E-state index in [4.69, 9.17) is 16.3 Å². The van der Waals surface area contributed by atoms with E-state index < -0.39 is 0 Å². The number of hydrogen-bond acceptors (Lipinski definition) is 4. The Kier molecular flexibility index (Phi) is 7.41. The summed E-state index contributed by atoms with van der Waals surface area (Å²) in [6.45, 7) is 3.84. The van der Waals surface area contributed by atoms with Crippen molar-refractivity contribution in [1.29, 1.82) is 0 Å². The van der Waals surface area contributed by atoms with Gasteiger partial charge in [0.2, 0.25) is 5.91 Å². The van der Waals surface area contributed by atoms with Gasteiger partial charge in [0.15, 0.2) is 5.96 Å². The molecule has 1 unspecified atom stereocenters. The number of nitrogens with zero attached hydrogens (tertiary/aromatic N) is 2. The Bertz CT molecular complexity index is 918. The van der Waals surface area contributed by atoms with Crippen molar-refractivity contribution in [3.63, 3.8) is 0 Å². The highest BCUT2D eigenvalue weighted by atomic mass is 35.5. The summed E-state index contributed by atoms with van der Waals surface area (Å²) in [5, 5.41) is 10.3. The number of carbonyl (C=O) groups is 1. The lowest BCUT2D eigenvalue weighted by Crippen LogP contribution is -2.44. The Labute approximate surface area is 182 Å². The molecule has 2 aromatic carbocycles. The van der Waals surface area contributed by atoms with Crippen molar-refractivity contribution in [2.24, 2.45) is 4.99 Å². The number of methoxy groups -OCH3 is 1. The highest BCUT2D eigenvalue weighted by molar-refractivity contribution is 6.30. The zero-order chi connectivity index (χ0) is 21.5. The number of rotatable bonds is 6. The number of halogens is 1. The molecule has 0 spiro atoms. The van der Waals surface area contributed by atoms with E-state index >= 15 is 0 Å². The van der Waals surface area contributed by atoms with Crippen molar-refractivity contribution in [3.05, 3.63) is 53.1 Å². The van der Waals surface area contributed by atoms with E-state index in [2.05, 4.69) is 25.8 Å². The predicted octanol–water partition coefficient (Wildman–Crippen LogP) is 3.25. The maximum atomic E-state index is 11.2. The normalized spacial score (nSPS) is 16.3. The van der Waals surface area contributed by atoms with E-state index in [0.717, 1.165) is 48.2 Å². The number of carbonyl (C=O) groups excluding carboxylic acids is 1. The van der Waals surface area contributed by atoms with E-state index in [9.17, 15) is 4.79 Å². The lowest BCUT2D eigenvalue weighted by atomic mass is 10.2. The van der Waals surface area contributed by atoms with E-state index in [1.165, 1.54) is 6.92 Å². The van der Waals surface area contributed by atoms with Gasteiger partial charge in [-0.3, -0.25) is 9.79 Å². The van der Waals surface area contributed by atoms with Crippen LogP contribution in [0.15, 0.2) is 47.5 Å². The fourth-order valence-corrected chi connectivity index (χ4v) is 3.71. The molecule has 0 radical (unpaired) electrons. The SMILES string of the molecule is CN=C(NCc1cccc(NC(C)=O)c1)NC1CCN(c2cc(Cl)ccc2OC)C1. The van der Waals surface area contributed by atoms with E-state index in [-0.39, 0.29) is 11.9 Å². The van der Waals surface area contributed by atoms with E-state index in [1.807, 2.05) is 42.5 Å². The second-order valence-corrected chi connectivity index (χ2v) is 7.64. The Hall–Kier alpha value is -2.93. The maximum Gasteiger partial charge on any atom is 0.221 e. The van der Waals surface area contributed by atoms with Gasteiger partial charge in [-0.1, -0.05) is 23.7 Å². The second kappa shape index (κ2) is 10.2. The van der Waals surface area contributed by atoms with Gasteiger partial charge in [0, 0.05) is 50.4 Å². The number of anilines is 2. The van der Waals surface area contributed by atoms with Crippen LogP contribution in [0, 0.1) is 0 Å². The summed E-state index contributed by atoms with van der Waals surface area (Å²) in [4.78, 5) is 17.9. The number of nitrogens with one attached hydrogen (secondary N) is 3. The van der Waals surface area contributed by atoms with Crippen LogP contribution in [0.3, 0.4) is 0 Å². The first-order valence-corrected chi connectivity index (χ1v) is 10.3. The molecule has 1 fully saturated rings. The quantitative estimate of drug-likeness (QED) is 0.485. The van der Waals surface area contributed by atoms with Crippen molar-refractivity contribution in [1.82, 2.24) is 10.6 Å². The monoisotopic (exact) mass is 429 g/mol. The third-order valence-electron chi connectivity index (χ3n) is 4.94. The minimum absolute atomic E-state index is 0.0836. The first-order chi connectivity index (χ1) is 14.5. The molecule has 30 heavy (non-hydrogen) atoms. The van der Waals surface area contributed by atoms with Crippen LogP contribution >= 0.6 is 11.6 Å². The van der Waals surface area contributed by atoms with Crippen molar-refractivity contribution < 1.29 is 9.53 Å². The van der Waals surface area contributed by atoms with Gasteiger partial charge in [0.1, 0.15) is 5.75 Å². The molecular weight excluding hydrogens is 402 g/mol. The molecule has 1 aliphatic heterocycles. The smallest absolute Gasteiger partial charge is 0.221 e. The zero-order valence-electron chi connectivity index (χ0n) is 17.5. The van der Waals surface area contributed by atoms with Gasteiger partial charge < -0.3 is 25.6 Å². The van der Waals surface area contributed by atoms with Gasteiger partial charge in [-0.05, 0) is 42.3 Å². The molecule has 8 heteroatoms. The molecule has 1 aliphatic rings. The predicted molar refractivity (Wildman–Crippen MR) is 123 cm³/mol. The number of aliphatic imine (C=N–C) groups is 1. The maximum absolute atomic E-state index is 11.2. The molecule has 1 atom stereocenters. The summed E-state index contributed by atoms with van der Waals surface area (Å²) in [6, 6.07) is 13.7. The molecular formula is C22H28ClN5O2. The summed E-state index contributed by atoms with van der Waals surface area (Å²) >= 11 is 6.18. The summed E-state index contributed by atoms with van der Waals surface area (Å²) < 4.78 is 5.49. The fourth-order valence-electron chi connectivity index (χ4n) is 3.54. The molecule has 1 amide bonds. The van der Waals surface area contributed by atoms with Crippen LogP contribution in [0.5, 0.6) is 5.75 Å². The molecule has 0 bridgehead atoms. The first-order valence-electron chi connectivity index (χ1n) is 9.90. The molecule has 0 aliphatic carbocycles. The van der Waals surface area contributed by atoms with Crippen LogP contribution in [-0.4, -0.2) is 45.2 Å². The number of amides is 1. The average Bonchev–Trinajstić information content (AvgIpc) is 3.19. The topological polar surface area (TPSA) is 78.0 Å². The lowest BCUT2D eigenvalue weighted by Gasteiger charge is -2.22. The Morgan fingerprint density at radius 2 is 2.13 bits per heavy atom. The van der Waals surface area contributed by atoms with Crippen LogP contribution in [0.25, 0.3) is 0 Å². The largest absolute Gasteiger partial charge is 0.495 e. The summed E-state index contributed by atoms with van der Waals surface area (Å²) in [6.07, 6.45) is 0.981. The van der Waals surface area contributed by atoms with Crippen LogP contribution in [-0.2, 0) is 11.3 Å². The molecule has 0 saturated carbocycles. The molecule has 7 nitrogen and oxygen atoms in total. The molecule has 0 aromatic heterocycles. The molecule has 1 heterocycles. The molecule has 3 N–H and O–H groups in total. The highest BCUT2D eigenvalue weighted by Gasteiger charge is 2.25. The van der Waals surface area contributed by atoms with Gasteiger partial charge in [-0.2, -0.15) is 0 Å². The molecule has 1 saturated heterocycles. The van der Waals surface area contributed by atoms with Gasteiger partial charge >= 0.3 is 0 Å². The summed E-state index contributed by atoms with van der Waals surface area (Å²) in [5.41, 5.74) is 2.85. The summed E-state index contributed by atoms with van der Waals surface area (Å²) in [5.74, 6) is 1.48. The molecule has 3 rings (SSSR count). The Balaban J connectivity index is 1.56. The van der Waals surface area contributed by atoms with Crippen LogP contribution in [0.4, 0.5) is 11.4 Å². The van der Waals surface area contributed by atoms with Crippen LogP contribution in [0.2, 0.25) is 5.02 Å². The van der Waals surface area contributed by atoms with Crippen molar-refractivity contribution in [2.45, 2.75) is 25.9 Å². The lowest BCUT2D eigenvalue weighted by molar-refractivity contribution is -0.114. The van der Waals surface area contributed by atoms with Crippen LogP contribution < -0.4 is 25.6 Å². The number of hydrogen-bond donors (Lipinski definition) is 3. The Morgan fingerprint density at radius 3 is 2.87 bits per heavy atom. The zero-order valence-corrected chi connectivity index (χ0v) is 18.3. The first kappa shape index (κ1) is 21.8. The van der Waals surface area contributed by atoms with E-state index in [1.54, 1.807) is 14.2 Å². The van der Waals surface area contributed by atoms with Crippen molar-refractivity contribution in [3.8, 4) is 5.75 Å².